The van der Waals surface area contributed by atoms with Crippen molar-refractivity contribution in [3.8, 4) is 62.0 Å². The maximum Gasteiger partial charge on any atom is 0.127 e. The third kappa shape index (κ3) is 8.46. The van der Waals surface area contributed by atoms with Crippen molar-refractivity contribution >= 4 is 0 Å². The quantitative estimate of drug-likeness (QED) is 0.155. The molecule has 71 heavy (non-hydrogen) atoms. The van der Waals surface area contributed by atoms with Crippen molar-refractivity contribution in [2.45, 2.75) is 186 Å². The topological polar surface area (TPSA) is 62.6 Å². The Bertz CT molecular complexity index is 2610. The smallest absolute Gasteiger partial charge is 0.127 e. The van der Waals surface area contributed by atoms with E-state index in [1.807, 2.05) is 0 Å². The van der Waals surface area contributed by atoms with Gasteiger partial charge in [-0.25, -0.2) is 4.98 Å². The van der Waals surface area contributed by atoms with Crippen LogP contribution in [0.5, 0.6) is 17.2 Å². The lowest BCUT2D eigenvalue weighted by Crippen LogP contribution is -2.48. The summed E-state index contributed by atoms with van der Waals surface area (Å²) in [5, 5.41) is 25.9. The SMILES string of the molecule is CC(C)[C@@H]1CC[C@@H](C)C[C@H]1Oc1cc(-c2ccccc2-c2cc(C(C)(C)C)cc(C34CC5CC(CC(C5)C3)C4)c2O)nc(-c2ccccc2-c2cc(C(C)(C)C)cc(C34CC5CC(CC(C5)C3)C4)c2O)c1. The molecular weight excluding hydrogens is 867 g/mol. The molecule has 4 nitrogen and oxygen atoms in total. The van der Waals surface area contributed by atoms with Crippen LogP contribution < -0.4 is 4.74 Å². The van der Waals surface area contributed by atoms with Crippen LogP contribution in [0, 0.1) is 53.3 Å². The fraction of sp³-hybridized carbons (Fsp3) is 0.567. The maximum absolute atomic E-state index is 13.0. The van der Waals surface area contributed by atoms with Crippen molar-refractivity contribution in [2.75, 3.05) is 0 Å². The zero-order valence-corrected chi connectivity index (χ0v) is 44.7. The molecule has 9 saturated carbocycles. The summed E-state index contributed by atoms with van der Waals surface area (Å²) in [6, 6.07) is 31.1. The first kappa shape index (κ1) is 47.4. The Morgan fingerprint density at radius 1 is 0.507 bits per heavy atom. The summed E-state index contributed by atoms with van der Waals surface area (Å²) in [6.45, 7) is 21.0. The molecule has 3 atom stereocenters. The number of pyridine rings is 1. The van der Waals surface area contributed by atoms with Gasteiger partial charge in [-0.15, -0.1) is 0 Å². The highest BCUT2D eigenvalue weighted by atomic mass is 16.5. The number of rotatable bonds is 9. The maximum atomic E-state index is 13.0. The lowest BCUT2D eigenvalue weighted by Gasteiger charge is -2.57. The predicted octanol–water partition coefficient (Wildman–Crippen LogP) is 17.5. The van der Waals surface area contributed by atoms with Crippen LogP contribution in [-0.4, -0.2) is 21.3 Å². The Labute approximate surface area is 426 Å². The summed E-state index contributed by atoms with van der Waals surface area (Å²) in [4.78, 5) is 5.72. The van der Waals surface area contributed by atoms with E-state index in [9.17, 15) is 10.2 Å². The third-order valence-electron chi connectivity index (χ3n) is 20.2. The van der Waals surface area contributed by atoms with Gasteiger partial charge in [0.05, 0.1) is 11.4 Å². The van der Waals surface area contributed by atoms with Crippen LogP contribution in [0.4, 0.5) is 0 Å². The van der Waals surface area contributed by atoms with Crippen molar-refractivity contribution in [1.29, 1.82) is 0 Å². The summed E-state index contributed by atoms with van der Waals surface area (Å²) >= 11 is 0. The lowest BCUT2D eigenvalue weighted by molar-refractivity contribution is -0.00631. The van der Waals surface area contributed by atoms with Gasteiger partial charge in [-0.2, -0.15) is 0 Å². The zero-order valence-electron chi connectivity index (χ0n) is 44.7. The van der Waals surface area contributed by atoms with Crippen molar-refractivity contribution < 1.29 is 14.9 Å². The molecule has 374 valence electrons. The largest absolute Gasteiger partial charge is 0.507 e. The molecule has 9 aliphatic rings. The normalized spacial score (nSPS) is 31.9. The second-order valence-corrected chi connectivity index (χ2v) is 27.9. The minimum absolute atomic E-state index is 0.0299. The molecule has 4 aromatic carbocycles. The van der Waals surface area contributed by atoms with Gasteiger partial charge in [0.2, 0.25) is 0 Å². The highest BCUT2D eigenvalue weighted by molar-refractivity contribution is 5.90. The molecular formula is C67H83NO3. The Kier molecular flexibility index (Phi) is 11.5. The minimum Gasteiger partial charge on any atom is -0.507 e. The standard InChI is InChI=1S/C67H83NO3/c1-39(2)50-19-18-40(3)20-61(50)71-49-31-59(53-16-12-10-14-51(53)55-27-47(64(4,5)6)29-57(62(55)69)66-33-41-21-42(34-66)23-43(22-41)35-66)68-60(32-49)54-17-13-11-15-52(54)56-28-48(65(7,8)9)30-58(63(56)70)67-36-44-24-45(37-67)26-46(25-44)38-67/h10-17,27-32,39-46,50,61,69-70H,18-26,33-38H2,1-9H3/t40-,41?,42?,43?,44?,45?,46?,50+,61-,66?,67?/m1/s1. The number of aromatic hydroxyl groups is 2. The number of benzene rings is 4. The summed E-state index contributed by atoms with van der Waals surface area (Å²) < 4.78 is 7.37. The molecule has 9 fully saturated rings. The first-order valence-electron chi connectivity index (χ1n) is 28.5. The number of phenols is 2. The van der Waals surface area contributed by atoms with E-state index in [0.29, 0.717) is 29.3 Å². The molecule has 0 spiro atoms. The molecule has 0 radical (unpaired) electrons. The average Bonchev–Trinajstić information content (AvgIpc) is 3.30. The molecule has 14 rings (SSSR count). The van der Waals surface area contributed by atoms with Gasteiger partial charge in [0.25, 0.3) is 0 Å². The van der Waals surface area contributed by atoms with E-state index in [1.165, 1.54) is 112 Å². The monoisotopic (exact) mass is 950 g/mol. The highest BCUT2D eigenvalue weighted by Gasteiger charge is 2.54. The first-order valence-corrected chi connectivity index (χ1v) is 28.5. The predicted molar refractivity (Wildman–Crippen MR) is 292 cm³/mol. The minimum atomic E-state index is -0.104. The van der Waals surface area contributed by atoms with Crippen LogP contribution in [-0.2, 0) is 21.7 Å². The van der Waals surface area contributed by atoms with Crippen molar-refractivity contribution in [3.63, 3.8) is 0 Å². The van der Waals surface area contributed by atoms with Crippen molar-refractivity contribution in [1.82, 2.24) is 4.98 Å². The fourth-order valence-electron chi connectivity index (χ4n) is 17.4. The van der Waals surface area contributed by atoms with Crippen LogP contribution in [0.15, 0.2) is 84.9 Å². The van der Waals surface area contributed by atoms with Crippen LogP contribution in [0.25, 0.3) is 44.8 Å². The first-order chi connectivity index (χ1) is 33.8. The van der Waals surface area contributed by atoms with E-state index in [4.69, 9.17) is 9.72 Å². The van der Waals surface area contributed by atoms with Gasteiger partial charge in [-0.1, -0.05) is 129 Å². The summed E-state index contributed by atoms with van der Waals surface area (Å²) in [7, 11) is 0. The molecule has 0 unspecified atom stereocenters. The third-order valence-corrected chi connectivity index (χ3v) is 20.2. The van der Waals surface area contributed by atoms with E-state index in [-0.39, 0.29) is 27.8 Å². The second-order valence-electron chi connectivity index (χ2n) is 27.9. The molecule has 8 bridgehead atoms. The number of phenolic OH excluding ortho intramolecular Hbond substituents is 2. The number of hydrogen-bond acceptors (Lipinski definition) is 4. The number of hydrogen-bond donors (Lipinski definition) is 2. The Morgan fingerprint density at radius 2 is 0.887 bits per heavy atom. The Hall–Kier alpha value is -4.57. The molecule has 1 heterocycles. The van der Waals surface area contributed by atoms with E-state index >= 15 is 0 Å². The fourth-order valence-corrected chi connectivity index (χ4v) is 17.4. The molecule has 0 aliphatic heterocycles. The average molecular weight is 950 g/mol. The summed E-state index contributed by atoms with van der Waals surface area (Å²) in [5.74, 6) is 7.96. The molecule has 0 amide bonds. The highest BCUT2D eigenvalue weighted by Crippen LogP contribution is 2.65. The Morgan fingerprint density at radius 3 is 1.25 bits per heavy atom. The Balaban J connectivity index is 1.03. The zero-order chi connectivity index (χ0) is 49.4. The van der Waals surface area contributed by atoms with E-state index in [1.54, 1.807) is 0 Å². The molecule has 9 aliphatic carbocycles. The molecule has 2 N–H and O–H groups in total. The van der Waals surface area contributed by atoms with Gasteiger partial charge in [-0.05, 0) is 199 Å². The molecule has 0 saturated heterocycles. The van der Waals surface area contributed by atoms with E-state index in [0.717, 1.165) is 92.4 Å². The van der Waals surface area contributed by atoms with Gasteiger partial charge in [0.15, 0.2) is 0 Å². The van der Waals surface area contributed by atoms with E-state index in [2.05, 4.69) is 147 Å². The summed E-state index contributed by atoms with van der Waals surface area (Å²) in [5.41, 5.74) is 12.3. The number of ether oxygens (including phenoxy) is 1. The number of aromatic nitrogens is 1. The van der Waals surface area contributed by atoms with Crippen molar-refractivity contribution in [3.05, 3.63) is 107 Å². The van der Waals surface area contributed by atoms with Gasteiger partial charge in [0, 0.05) is 45.5 Å². The van der Waals surface area contributed by atoms with Crippen LogP contribution >= 0.6 is 0 Å². The van der Waals surface area contributed by atoms with Gasteiger partial charge < -0.3 is 14.9 Å². The summed E-state index contributed by atoms with van der Waals surface area (Å²) in [6.07, 6.45) is 18.9. The number of nitrogens with zero attached hydrogens (tertiary/aromatic N) is 1. The van der Waals surface area contributed by atoms with Crippen LogP contribution in [0.3, 0.4) is 0 Å². The van der Waals surface area contributed by atoms with Crippen molar-refractivity contribution in [2.24, 2.45) is 53.3 Å². The molecule has 4 heteroatoms. The lowest BCUT2D eigenvalue weighted by atomic mass is 9.47. The second kappa shape index (κ2) is 17.3. The molecule has 5 aromatic rings. The molecule has 1 aromatic heterocycles. The van der Waals surface area contributed by atoms with Crippen LogP contribution in [0.2, 0.25) is 0 Å². The van der Waals surface area contributed by atoms with Crippen LogP contribution in [0.1, 0.15) is 181 Å². The van der Waals surface area contributed by atoms with Gasteiger partial charge in [0.1, 0.15) is 23.4 Å². The van der Waals surface area contributed by atoms with Gasteiger partial charge in [-0.3, -0.25) is 0 Å². The van der Waals surface area contributed by atoms with E-state index < -0.39 is 0 Å². The van der Waals surface area contributed by atoms with Gasteiger partial charge >= 0.3 is 0 Å².